The summed E-state index contributed by atoms with van der Waals surface area (Å²) < 4.78 is 16.3. The summed E-state index contributed by atoms with van der Waals surface area (Å²) in [6, 6.07) is 7.09. The van der Waals surface area contributed by atoms with Gasteiger partial charge in [0, 0.05) is 23.5 Å². The van der Waals surface area contributed by atoms with E-state index in [4.69, 9.17) is 37.4 Å². The first-order valence-corrected chi connectivity index (χ1v) is 8.08. The lowest BCUT2D eigenvalue weighted by Crippen LogP contribution is -2.03. The van der Waals surface area contributed by atoms with Crippen molar-refractivity contribution in [2.75, 3.05) is 21.3 Å². The van der Waals surface area contributed by atoms with Gasteiger partial charge in [-0.15, -0.1) is 0 Å². The molecule has 0 saturated carbocycles. The summed E-state index contributed by atoms with van der Waals surface area (Å²) in [4.78, 5) is 12.5. The van der Waals surface area contributed by atoms with Gasteiger partial charge in [0.25, 0.3) is 0 Å². The van der Waals surface area contributed by atoms with E-state index in [-0.39, 0.29) is 11.7 Å². The second-order valence-electron chi connectivity index (χ2n) is 5.46. The summed E-state index contributed by atoms with van der Waals surface area (Å²) in [5.74, 6) is 1.31. The van der Waals surface area contributed by atoms with E-state index in [0.717, 1.165) is 11.1 Å². The second kappa shape index (κ2) is 6.54. The van der Waals surface area contributed by atoms with Crippen LogP contribution in [0, 0.1) is 0 Å². The van der Waals surface area contributed by atoms with E-state index >= 15 is 0 Å². The van der Waals surface area contributed by atoms with Crippen molar-refractivity contribution in [1.82, 2.24) is 0 Å². The summed E-state index contributed by atoms with van der Waals surface area (Å²) in [6.07, 6.45) is 0.333. The maximum atomic E-state index is 12.5. The molecular formula is C18H16Cl2O4. The van der Waals surface area contributed by atoms with Crippen LogP contribution in [0.4, 0.5) is 0 Å². The van der Waals surface area contributed by atoms with Gasteiger partial charge in [0.2, 0.25) is 5.75 Å². The third-order valence-electron chi connectivity index (χ3n) is 4.25. The van der Waals surface area contributed by atoms with Gasteiger partial charge < -0.3 is 14.2 Å². The molecule has 0 saturated heterocycles. The molecule has 0 N–H and O–H groups in total. The summed E-state index contributed by atoms with van der Waals surface area (Å²) in [7, 11) is 4.61. The van der Waals surface area contributed by atoms with Crippen LogP contribution in [-0.2, 0) is 0 Å². The average molecular weight is 367 g/mol. The molecule has 1 unspecified atom stereocenters. The lowest BCUT2D eigenvalue weighted by Gasteiger charge is -2.19. The Bertz CT molecular complexity index is 817. The maximum absolute atomic E-state index is 12.5. The van der Waals surface area contributed by atoms with Crippen molar-refractivity contribution in [3.8, 4) is 17.2 Å². The molecule has 4 nitrogen and oxygen atoms in total. The van der Waals surface area contributed by atoms with E-state index in [1.54, 1.807) is 25.3 Å². The van der Waals surface area contributed by atoms with Gasteiger partial charge in [-0.25, -0.2) is 0 Å². The summed E-state index contributed by atoms with van der Waals surface area (Å²) >= 11 is 12.1. The van der Waals surface area contributed by atoms with Gasteiger partial charge in [0.05, 0.1) is 31.4 Å². The molecule has 0 aliphatic heterocycles. The minimum absolute atomic E-state index is 0.0281. The number of benzene rings is 2. The van der Waals surface area contributed by atoms with Gasteiger partial charge >= 0.3 is 0 Å². The smallest absolute Gasteiger partial charge is 0.203 e. The van der Waals surface area contributed by atoms with Gasteiger partial charge in [-0.3, -0.25) is 4.79 Å². The highest BCUT2D eigenvalue weighted by Crippen LogP contribution is 2.51. The van der Waals surface area contributed by atoms with E-state index in [1.807, 2.05) is 6.07 Å². The normalized spacial score (nSPS) is 16.0. The highest BCUT2D eigenvalue weighted by atomic mass is 35.5. The van der Waals surface area contributed by atoms with Crippen LogP contribution in [0.15, 0.2) is 24.3 Å². The van der Waals surface area contributed by atoms with Crippen molar-refractivity contribution in [2.45, 2.75) is 12.3 Å². The van der Waals surface area contributed by atoms with Crippen molar-refractivity contribution < 1.29 is 19.0 Å². The zero-order chi connectivity index (χ0) is 17.4. The predicted octanol–water partition coefficient (Wildman–Crippen LogP) is 4.74. The van der Waals surface area contributed by atoms with E-state index in [2.05, 4.69) is 0 Å². The Morgan fingerprint density at radius 3 is 2.25 bits per heavy atom. The minimum Gasteiger partial charge on any atom is -0.493 e. The van der Waals surface area contributed by atoms with E-state index in [1.165, 1.54) is 14.2 Å². The Morgan fingerprint density at radius 2 is 1.67 bits per heavy atom. The fraction of sp³-hybridized carbons (Fsp3) is 0.278. The number of Topliss-reactive ketones (excluding diaryl/α,β-unsaturated/α-hetero) is 1. The highest BCUT2D eigenvalue weighted by Gasteiger charge is 2.37. The first kappa shape index (κ1) is 16.9. The summed E-state index contributed by atoms with van der Waals surface area (Å²) in [5, 5.41) is 0.929. The van der Waals surface area contributed by atoms with Crippen LogP contribution < -0.4 is 14.2 Å². The number of ketones is 1. The van der Waals surface area contributed by atoms with Crippen LogP contribution in [0.2, 0.25) is 10.0 Å². The average Bonchev–Trinajstić information content (AvgIpc) is 2.92. The maximum Gasteiger partial charge on any atom is 0.203 e. The Balaban J connectivity index is 2.23. The quantitative estimate of drug-likeness (QED) is 0.783. The van der Waals surface area contributed by atoms with Crippen LogP contribution in [0.5, 0.6) is 17.2 Å². The molecule has 0 spiro atoms. The number of methoxy groups -OCH3 is 3. The molecule has 24 heavy (non-hydrogen) atoms. The first-order valence-electron chi connectivity index (χ1n) is 7.32. The van der Waals surface area contributed by atoms with Gasteiger partial charge in [0.15, 0.2) is 17.3 Å². The molecule has 0 fully saturated rings. The Hall–Kier alpha value is -1.91. The molecule has 2 aromatic rings. The van der Waals surface area contributed by atoms with Crippen molar-refractivity contribution in [1.29, 1.82) is 0 Å². The van der Waals surface area contributed by atoms with Gasteiger partial charge in [-0.1, -0.05) is 29.3 Å². The predicted molar refractivity (Wildman–Crippen MR) is 93.4 cm³/mol. The largest absolute Gasteiger partial charge is 0.493 e. The number of rotatable bonds is 4. The van der Waals surface area contributed by atoms with Crippen molar-refractivity contribution >= 4 is 29.0 Å². The Morgan fingerprint density at radius 1 is 0.958 bits per heavy atom. The molecular weight excluding hydrogens is 351 g/mol. The third-order valence-corrected chi connectivity index (χ3v) is 4.99. The number of carbonyl (C=O) groups is 1. The minimum atomic E-state index is -0.169. The number of carbonyl (C=O) groups excluding carboxylic acids is 1. The third kappa shape index (κ3) is 2.60. The molecule has 126 valence electrons. The zero-order valence-electron chi connectivity index (χ0n) is 13.5. The first-order chi connectivity index (χ1) is 11.5. The van der Waals surface area contributed by atoms with Crippen molar-refractivity contribution in [3.05, 3.63) is 51.0 Å². The molecule has 3 rings (SSSR count). The summed E-state index contributed by atoms with van der Waals surface area (Å²) in [5.41, 5.74) is 2.28. The standard InChI is InChI=1S/C18H16Cl2O4/c1-22-15-8-11-14(21)7-10(9-4-5-12(19)13(20)6-9)16(11)18(24-3)17(15)23-2/h4-6,8,10H,7H2,1-3H3. The molecule has 1 aliphatic carbocycles. The number of halogens is 2. The number of ether oxygens (including phenoxy) is 3. The van der Waals surface area contributed by atoms with Crippen LogP contribution in [-0.4, -0.2) is 27.1 Å². The highest BCUT2D eigenvalue weighted by molar-refractivity contribution is 6.42. The van der Waals surface area contributed by atoms with Crippen molar-refractivity contribution in [3.63, 3.8) is 0 Å². The molecule has 0 heterocycles. The number of fused-ring (bicyclic) bond motifs is 1. The van der Waals surface area contributed by atoms with E-state index in [0.29, 0.717) is 39.3 Å². The summed E-state index contributed by atoms with van der Waals surface area (Å²) in [6.45, 7) is 0. The lowest BCUT2D eigenvalue weighted by atomic mass is 9.92. The van der Waals surface area contributed by atoms with Crippen LogP contribution in [0.25, 0.3) is 0 Å². The fourth-order valence-electron chi connectivity index (χ4n) is 3.17. The SMILES string of the molecule is COc1cc2c(c(OC)c1OC)C(c1ccc(Cl)c(Cl)c1)CC2=O. The van der Waals surface area contributed by atoms with Crippen LogP contribution in [0.3, 0.4) is 0 Å². The Kier molecular flexibility index (Phi) is 4.61. The molecule has 0 aromatic heterocycles. The monoisotopic (exact) mass is 366 g/mol. The van der Waals surface area contributed by atoms with Gasteiger partial charge in [0.1, 0.15) is 0 Å². The van der Waals surface area contributed by atoms with Crippen LogP contribution >= 0.6 is 23.2 Å². The molecule has 1 atom stereocenters. The molecule has 0 bridgehead atoms. The lowest BCUT2D eigenvalue weighted by molar-refractivity contribution is 0.0991. The molecule has 0 amide bonds. The molecule has 0 radical (unpaired) electrons. The van der Waals surface area contributed by atoms with Gasteiger partial charge in [-0.05, 0) is 23.8 Å². The molecule has 2 aromatic carbocycles. The Labute approximate surface area is 150 Å². The molecule has 1 aliphatic rings. The number of hydrogen-bond acceptors (Lipinski definition) is 4. The number of hydrogen-bond donors (Lipinski definition) is 0. The van der Waals surface area contributed by atoms with E-state index < -0.39 is 0 Å². The topological polar surface area (TPSA) is 44.8 Å². The fourth-order valence-corrected chi connectivity index (χ4v) is 3.47. The van der Waals surface area contributed by atoms with Gasteiger partial charge in [-0.2, -0.15) is 0 Å². The van der Waals surface area contributed by atoms with E-state index in [9.17, 15) is 4.79 Å². The molecule has 6 heteroatoms. The van der Waals surface area contributed by atoms with Crippen molar-refractivity contribution in [2.24, 2.45) is 0 Å². The zero-order valence-corrected chi connectivity index (χ0v) is 15.0. The van der Waals surface area contributed by atoms with Crippen LogP contribution in [0.1, 0.15) is 33.8 Å². The second-order valence-corrected chi connectivity index (χ2v) is 6.27.